The van der Waals surface area contributed by atoms with Gasteiger partial charge in [-0.15, -0.1) is 0 Å². The molecular formula is C28H45BN10O16. The fraction of sp³-hybridized carbons (Fsp3) is 0.571. The smallest absolute Gasteiger partial charge is 0.370 e. The number of nitrogens with two attached hydrogens (primary N) is 2. The Hall–Kier alpha value is -5.74. The molecule has 0 aromatic heterocycles. The number of carbonyl (C=O) groups excluding carboxylic acids is 4. The van der Waals surface area contributed by atoms with Gasteiger partial charge >= 0.3 is 19.5 Å². The Kier molecular flexibility index (Phi) is 17.5. The van der Waals surface area contributed by atoms with E-state index in [1.807, 2.05) is 0 Å². The minimum absolute atomic E-state index is 0.583. The van der Waals surface area contributed by atoms with Crippen molar-refractivity contribution in [2.45, 2.75) is 74.6 Å². The number of aliphatic carboxylic acids is 2. The van der Waals surface area contributed by atoms with Gasteiger partial charge in [-0.3, -0.25) is 30.0 Å². The lowest BCUT2D eigenvalue weighted by molar-refractivity contribution is -0.158. The SMILES string of the molecule is CC(=O)N[C@H]1[C@H]([C@H](OCC(=O)NBNC(=O)CO[C@@H]([C@@H]2OC(C(=O)O)=C[C@H](NC(=N)N)[C@H]2NC(C)=O)[C@H](O)CO)[C@H](O)CO)OC(C(=O)O)=C[C@@H]1NC(=N)N. The number of aliphatic hydroxyl groups is 4. The number of aliphatic hydroxyl groups excluding tert-OH is 4. The zero-order valence-electron chi connectivity index (χ0n) is 29.4. The van der Waals surface area contributed by atoms with Crippen molar-refractivity contribution in [1.82, 2.24) is 31.7 Å². The normalized spacial score (nSPS) is 23.9. The van der Waals surface area contributed by atoms with Crippen LogP contribution in [0.25, 0.3) is 0 Å². The van der Waals surface area contributed by atoms with Gasteiger partial charge in [0, 0.05) is 13.8 Å². The molecule has 0 radical (unpaired) electrons. The third-order valence-corrected chi connectivity index (χ3v) is 7.64. The number of guanidine groups is 2. The minimum Gasteiger partial charge on any atom is -0.478 e. The highest BCUT2D eigenvalue weighted by Crippen LogP contribution is 2.26. The lowest BCUT2D eigenvalue weighted by atomic mass is 9.91. The molecule has 2 heterocycles. The van der Waals surface area contributed by atoms with Crippen LogP contribution in [0.5, 0.6) is 0 Å². The predicted octanol–water partition coefficient (Wildman–Crippen LogP) is -8.59. The van der Waals surface area contributed by atoms with E-state index in [2.05, 4.69) is 31.7 Å². The molecule has 306 valence electrons. The summed E-state index contributed by atoms with van der Waals surface area (Å²) in [5, 5.41) is 89.0. The molecule has 2 aliphatic heterocycles. The highest BCUT2D eigenvalue weighted by molar-refractivity contribution is 6.38. The number of ether oxygens (including phenoxy) is 4. The molecule has 2 rings (SSSR count). The number of carboxylic acids is 2. The van der Waals surface area contributed by atoms with Crippen LogP contribution in [-0.2, 0) is 47.7 Å². The molecule has 26 nitrogen and oxygen atoms in total. The Morgan fingerprint density at radius 2 is 1.07 bits per heavy atom. The highest BCUT2D eigenvalue weighted by Gasteiger charge is 2.47. The third kappa shape index (κ3) is 13.9. The van der Waals surface area contributed by atoms with Crippen LogP contribution in [0.3, 0.4) is 0 Å². The Morgan fingerprint density at radius 1 is 0.727 bits per heavy atom. The van der Waals surface area contributed by atoms with Gasteiger partial charge in [0.15, 0.2) is 24.1 Å². The van der Waals surface area contributed by atoms with Crippen LogP contribution in [0.15, 0.2) is 23.7 Å². The van der Waals surface area contributed by atoms with Gasteiger partial charge in [-0.25, -0.2) is 9.59 Å². The maximum absolute atomic E-state index is 12.7. The van der Waals surface area contributed by atoms with E-state index in [4.69, 9.17) is 41.2 Å². The molecule has 27 heteroatoms. The van der Waals surface area contributed by atoms with Crippen molar-refractivity contribution in [3.05, 3.63) is 23.7 Å². The molecule has 4 amide bonds. The molecular weight excluding hydrogens is 743 g/mol. The first-order valence-corrected chi connectivity index (χ1v) is 16.1. The summed E-state index contributed by atoms with van der Waals surface area (Å²) in [6, 6.07) is -4.91. The number of nitrogens with one attached hydrogen (secondary N) is 8. The Bertz CT molecular complexity index is 1410. The number of rotatable bonds is 20. The van der Waals surface area contributed by atoms with Gasteiger partial charge in [-0.05, 0) is 12.2 Å². The molecule has 0 saturated carbocycles. The van der Waals surface area contributed by atoms with Crippen LogP contribution in [0.1, 0.15) is 13.8 Å². The van der Waals surface area contributed by atoms with Gasteiger partial charge in [-0.1, -0.05) is 0 Å². The number of amides is 4. The molecule has 0 spiro atoms. The van der Waals surface area contributed by atoms with Crippen LogP contribution in [0.4, 0.5) is 0 Å². The van der Waals surface area contributed by atoms with Crippen LogP contribution < -0.4 is 43.2 Å². The zero-order chi connectivity index (χ0) is 41.6. The van der Waals surface area contributed by atoms with E-state index in [9.17, 15) is 59.4 Å². The molecule has 0 unspecified atom stereocenters. The number of carbonyl (C=O) groups is 6. The number of hydrogen-bond acceptors (Lipinski definition) is 16. The second-order valence-electron chi connectivity index (χ2n) is 11.9. The topological polar surface area (TPSA) is 433 Å². The summed E-state index contributed by atoms with van der Waals surface area (Å²) < 4.78 is 21.9. The van der Waals surface area contributed by atoms with E-state index in [0.29, 0.717) is 0 Å². The van der Waals surface area contributed by atoms with Crippen molar-refractivity contribution >= 4 is 55.0 Å². The second-order valence-corrected chi connectivity index (χ2v) is 11.9. The number of hydrogen-bond donors (Lipinski definition) is 16. The van der Waals surface area contributed by atoms with Crippen LogP contribution in [0.2, 0.25) is 0 Å². The van der Waals surface area contributed by atoms with E-state index in [0.717, 1.165) is 26.0 Å². The van der Waals surface area contributed by atoms with E-state index >= 15 is 0 Å². The molecule has 0 bridgehead atoms. The van der Waals surface area contributed by atoms with Crippen molar-refractivity contribution < 1.29 is 78.4 Å². The maximum Gasteiger partial charge on any atom is 0.370 e. The Labute approximate surface area is 312 Å². The summed E-state index contributed by atoms with van der Waals surface area (Å²) in [7, 11) is -0.583. The van der Waals surface area contributed by atoms with Gasteiger partial charge in [0.25, 0.3) is 0 Å². The molecule has 10 atom stereocenters. The summed E-state index contributed by atoms with van der Waals surface area (Å²) in [6.07, 6.45) is -8.15. The fourth-order valence-electron chi connectivity index (χ4n) is 5.43. The van der Waals surface area contributed by atoms with Crippen molar-refractivity contribution in [2.24, 2.45) is 11.5 Å². The zero-order valence-corrected chi connectivity index (χ0v) is 29.4. The summed E-state index contributed by atoms with van der Waals surface area (Å²) >= 11 is 0. The third-order valence-electron chi connectivity index (χ3n) is 7.64. The molecule has 18 N–H and O–H groups in total. The fourth-order valence-corrected chi connectivity index (χ4v) is 5.43. The predicted molar refractivity (Wildman–Crippen MR) is 183 cm³/mol. The summed E-state index contributed by atoms with van der Waals surface area (Å²) in [5.74, 6) is -8.96. The number of carboxylic acid groups (broad SMARTS) is 2. The molecule has 0 aromatic carbocycles. The van der Waals surface area contributed by atoms with Gasteiger partial charge in [0.2, 0.25) is 35.1 Å². The molecule has 0 saturated heterocycles. The monoisotopic (exact) mass is 788 g/mol. The minimum atomic E-state index is -1.81. The van der Waals surface area contributed by atoms with Gasteiger partial charge in [0.1, 0.15) is 37.6 Å². The first kappa shape index (κ1) is 45.4. The molecule has 55 heavy (non-hydrogen) atoms. The molecule has 2 aliphatic rings. The quantitative estimate of drug-likeness (QED) is 0.0309. The van der Waals surface area contributed by atoms with Crippen LogP contribution in [0, 0.1) is 10.8 Å². The highest BCUT2D eigenvalue weighted by atomic mass is 16.6. The van der Waals surface area contributed by atoms with Crippen molar-refractivity contribution in [3.8, 4) is 0 Å². The molecule has 0 aliphatic carbocycles. The summed E-state index contributed by atoms with van der Waals surface area (Å²) in [5.41, 5.74) is 10.8. The standard InChI is InChI=1S/C28H45BN10O16/c1-9(42)34-19-11(36-27(30)31)3-15(25(48)49)54-23(19)21(13(44)5-40)52-7-17(46)38-29-39-18(47)8-53-22(14(45)6-41)24-20(35-10(2)43)12(37-28(32)33)4-16(55-24)26(50)51/h3-4,11-14,19-24,29,40-41,44-45H,5-8H2,1-2H3,(H,34,42)(H,35,43)(H,38,46)(H,39,47)(H,48,49)(H,50,51)(H4,30,31,36)(H4,32,33,37)/t11-,12-,13+,14+,19+,20+,21+,22+,23+,24+/m0/s1. The van der Waals surface area contributed by atoms with E-state index in [1.165, 1.54) is 0 Å². The van der Waals surface area contributed by atoms with Crippen molar-refractivity contribution in [3.63, 3.8) is 0 Å². The van der Waals surface area contributed by atoms with Gasteiger partial charge in [-0.2, -0.15) is 0 Å². The summed E-state index contributed by atoms with van der Waals surface area (Å²) in [4.78, 5) is 72.9. The first-order valence-electron chi connectivity index (χ1n) is 16.1. The average Bonchev–Trinajstić information content (AvgIpc) is 3.09. The van der Waals surface area contributed by atoms with E-state index in [-0.39, 0.29) is 0 Å². The summed E-state index contributed by atoms with van der Waals surface area (Å²) in [6.45, 7) is -1.50. The maximum atomic E-state index is 12.7. The lowest BCUT2D eigenvalue weighted by Gasteiger charge is -2.41. The van der Waals surface area contributed by atoms with E-state index in [1.54, 1.807) is 0 Å². The van der Waals surface area contributed by atoms with Crippen LogP contribution >= 0.6 is 0 Å². The Balaban J connectivity index is 2.12. The van der Waals surface area contributed by atoms with Gasteiger partial charge < -0.3 is 92.8 Å². The van der Waals surface area contributed by atoms with Gasteiger partial charge in [0.05, 0.1) is 37.4 Å². The Morgan fingerprint density at radius 3 is 1.35 bits per heavy atom. The lowest BCUT2D eigenvalue weighted by Crippen LogP contribution is -2.64. The first-order chi connectivity index (χ1) is 25.8. The van der Waals surface area contributed by atoms with Crippen LogP contribution in [-0.4, -0.2) is 173 Å². The van der Waals surface area contributed by atoms with Crippen molar-refractivity contribution in [2.75, 3.05) is 26.4 Å². The van der Waals surface area contributed by atoms with Crippen molar-refractivity contribution in [1.29, 1.82) is 10.8 Å². The second kappa shape index (κ2) is 21.2. The average molecular weight is 789 g/mol. The largest absolute Gasteiger partial charge is 0.478 e. The molecule has 0 aromatic rings. The van der Waals surface area contributed by atoms with E-state index < -0.39 is 154 Å². The molecule has 0 fully saturated rings.